The first-order valence-electron chi connectivity index (χ1n) is 5.82. The zero-order valence-corrected chi connectivity index (χ0v) is 10.4. The van der Waals surface area contributed by atoms with E-state index in [0.29, 0.717) is 0 Å². The highest BCUT2D eigenvalue weighted by atomic mass is 32.2. The van der Waals surface area contributed by atoms with Crippen molar-refractivity contribution in [2.24, 2.45) is 0 Å². The van der Waals surface area contributed by atoms with Gasteiger partial charge in [0.05, 0.1) is 5.92 Å². The van der Waals surface area contributed by atoms with Crippen molar-refractivity contribution in [1.82, 2.24) is 4.31 Å². The summed E-state index contributed by atoms with van der Waals surface area (Å²) in [7, 11) is 0. The van der Waals surface area contributed by atoms with E-state index >= 15 is 0 Å². The van der Waals surface area contributed by atoms with E-state index < -0.39 is 0 Å². The van der Waals surface area contributed by atoms with E-state index in [9.17, 15) is 4.79 Å². The maximum Gasteiger partial charge on any atom is 0.240 e. The van der Waals surface area contributed by atoms with Gasteiger partial charge in [-0.25, -0.2) is 0 Å². The molecule has 1 aromatic rings. The van der Waals surface area contributed by atoms with E-state index in [2.05, 4.69) is 6.92 Å². The van der Waals surface area contributed by atoms with Gasteiger partial charge in [0, 0.05) is 12.3 Å². The van der Waals surface area contributed by atoms with Crippen molar-refractivity contribution in [2.45, 2.75) is 25.7 Å². The van der Waals surface area contributed by atoms with Gasteiger partial charge in [0.15, 0.2) is 0 Å². The van der Waals surface area contributed by atoms with E-state index in [0.717, 1.165) is 30.7 Å². The van der Waals surface area contributed by atoms with E-state index in [1.54, 1.807) is 11.9 Å². The van der Waals surface area contributed by atoms with E-state index in [-0.39, 0.29) is 11.8 Å². The second-order valence-electron chi connectivity index (χ2n) is 4.05. The molecule has 1 saturated heterocycles. The monoisotopic (exact) mass is 235 g/mol. The SMILES string of the molecule is CCCCN1SCC(c2ccccc2)C1=O. The minimum atomic E-state index is 0.0723. The molecule has 0 bridgehead atoms. The summed E-state index contributed by atoms with van der Waals surface area (Å²) in [6.07, 6.45) is 2.24. The molecule has 1 aliphatic heterocycles. The Morgan fingerprint density at radius 3 is 2.81 bits per heavy atom. The molecule has 0 aliphatic carbocycles. The van der Waals surface area contributed by atoms with Crippen LogP contribution in [0.25, 0.3) is 0 Å². The second kappa shape index (κ2) is 5.39. The van der Waals surface area contributed by atoms with Gasteiger partial charge in [0.2, 0.25) is 5.91 Å². The fourth-order valence-electron chi connectivity index (χ4n) is 1.87. The molecule has 3 heteroatoms. The summed E-state index contributed by atoms with van der Waals surface area (Å²) in [6.45, 7) is 3.04. The van der Waals surface area contributed by atoms with Crippen molar-refractivity contribution >= 4 is 17.9 Å². The van der Waals surface area contributed by atoms with Crippen LogP contribution in [0.3, 0.4) is 0 Å². The lowest BCUT2D eigenvalue weighted by atomic mass is 10.0. The molecule has 1 aromatic carbocycles. The Labute approximate surface area is 101 Å². The molecule has 1 unspecified atom stereocenters. The minimum Gasteiger partial charge on any atom is -0.286 e. The van der Waals surface area contributed by atoms with E-state index in [1.165, 1.54) is 0 Å². The van der Waals surface area contributed by atoms with Gasteiger partial charge in [-0.05, 0) is 23.9 Å². The van der Waals surface area contributed by atoms with E-state index in [4.69, 9.17) is 0 Å². The number of carbonyl (C=O) groups is 1. The Balaban J connectivity index is 2.02. The predicted octanol–water partition coefficient (Wildman–Crippen LogP) is 3.06. The fraction of sp³-hybridized carbons (Fsp3) is 0.462. The van der Waals surface area contributed by atoms with Gasteiger partial charge in [-0.3, -0.25) is 9.10 Å². The molecule has 2 nitrogen and oxygen atoms in total. The highest BCUT2D eigenvalue weighted by molar-refractivity contribution is 7.98. The standard InChI is InChI=1S/C13H17NOS/c1-2-3-9-14-13(15)12(10-16-14)11-7-5-4-6-8-11/h4-8,12H,2-3,9-10H2,1H3. The van der Waals surface area contributed by atoms with Gasteiger partial charge >= 0.3 is 0 Å². The van der Waals surface area contributed by atoms with Gasteiger partial charge in [0.1, 0.15) is 0 Å². The fourth-order valence-corrected chi connectivity index (χ4v) is 3.05. The van der Waals surface area contributed by atoms with Crippen molar-refractivity contribution in [1.29, 1.82) is 0 Å². The third-order valence-corrected chi connectivity index (χ3v) is 4.01. The molecule has 1 fully saturated rings. The Hall–Kier alpha value is -0.960. The number of amides is 1. The molecule has 1 heterocycles. The molecular weight excluding hydrogens is 218 g/mol. The quantitative estimate of drug-likeness (QED) is 0.748. The molecule has 1 atom stereocenters. The number of carbonyl (C=O) groups excluding carboxylic acids is 1. The van der Waals surface area contributed by atoms with E-state index in [1.807, 2.05) is 34.6 Å². The molecule has 2 rings (SSSR count). The molecule has 0 aromatic heterocycles. The maximum atomic E-state index is 12.1. The summed E-state index contributed by atoms with van der Waals surface area (Å²) in [5.41, 5.74) is 1.15. The van der Waals surface area contributed by atoms with Gasteiger partial charge in [-0.15, -0.1) is 0 Å². The Kier molecular flexibility index (Phi) is 3.88. The first kappa shape index (κ1) is 11.5. The van der Waals surface area contributed by atoms with Gasteiger partial charge < -0.3 is 0 Å². The summed E-state index contributed by atoms with van der Waals surface area (Å²) in [5.74, 6) is 1.25. The van der Waals surface area contributed by atoms with Gasteiger partial charge in [0.25, 0.3) is 0 Å². The van der Waals surface area contributed by atoms with Crippen LogP contribution in [0.2, 0.25) is 0 Å². The second-order valence-corrected chi connectivity index (χ2v) is 5.09. The van der Waals surface area contributed by atoms with Crippen molar-refractivity contribution in [2.75, 3.05) is 12.3 Å². The smallest absolute Gasteiger partial charge is 0.240 e. The summed E-state index contributed by atoms with van der Waals surface area (Å²) >= 11 is 1.68. The van der Waals surface area contributed by atoms with Crippen LogP contribution in [0.4, 0.5) is 0 Å². The topological polar surface area (TPSA) is 20.3 Å². The highest BCUT2D eigenvalue weighted by Gasteiger charge is 2.32. The van der Waals surface area contributed by atoms with Crippen LogP contribution in [0.1, 0.15) is 31.2 Å². The van der Waals surface area contributed by atoms with Gasteiger partial charge in [-0.2, -0.15) is 0 Å². The Morgan fingerprint density at radius 2 is 2.12 bits per heavy atom. The normalized spacial score (nSPS) is 20.4. The zero-order valence-electron chi connectivity index (χ0n) is 9.56. The van der Waals surface area contributed by atoms with Crippen LogP contribution in [0.5, 0.6) is 0 Å². The van der Waals surface area contributed by atoms with Crippen LogP contribution >= 0.6 is 11.9 Å². The molecule has 1 aliphatic rings. The Morgan fingerprint density at radius 1 is 1.38 bits per heavy atom. The van der Waals surface area contributed by atoms with Crippen LogP contribution in [0, 0.1) is 0 Å². The van der Waals surface area contributed by atoms with Crippen LogP contribution < -0.4 is 0 Å². The summed E-state index contributed by atoms with van der Waals surface area (Å²) in [5, 5.41) is 0. The molecule has 0 saturated carbocycles. The summed E-state index contributed by atoms with van der Waals surface area (Å²) < 4.78 is 1.93. The summed E-state index contributed by atoms with van der Waals surface area (Å²) in [6, 6.07) is 10.1. The molecule has 86 valence electrons. The minimum absolute atomic E-state index is 0.0723. The largest absolute Gasteiger partial charge is 0.286 e. The zero-order chi connectivity index (χ0) is 11.4. The molecular formula is C13H17NOS. The third-order valence-electron chi connectivity index (χ3n) is 2.86. The van der Waals surface area contributed by atoms with Crippen LogP contribution in [-0.2, 0) is 4.79 Å². The lowest BCUT2D eigenvalue weighted by Crippen LogP contribution is -2.23. The average Bonchev–Trinajstić information content (AvgIpc) is 2.69. The van der Waals surface area contributed by atoms with Gasteiger partial charge in [-0.1, -0.05) is 43.7 Å². The molecule has 0 spiro atoms. The number of hydrogen-bond donors (Lipinski definition) is 0. The molecule has 0 radical (unpaired) electrons. The average molecular weight is 235 g/mol. The van der Waals surface area contributed by atoms with Crippen molar-refractivity contribution in [3.8, 4) is 0 Å². The number of benzene rings is 1. The lowest BCUT2D eigenvalue weighted by molar-refractivity contribution is -0.126. The first-order chi connectivity index (χ1) is 7.83. The summed E-state index contributed by atoms with van der Waals surface area (Å²) in [4.78, 5) is 12.1. The molecule has 1 amide bonds. The van der Waals surface area contributed by atoms with Crippen LogP contribution in [-0.4, -0.2) is 22.5 Å². The van der Waals surface area contributed by atoms with Crippen LogP contribution in [0.15, 0.2) is 30.3 Å². The van der Waals surface area contributed by atoms with Crippen molar-refractivity contribution in [3.05, 3.63) is 35.9 Å². The van der Waals surface area contributed by atoms with Crippen molar-refractivity contribution < 1.29 is 4.79 Å². The maximum absolute atomic E-state index is 12.1. The molecule has 16 heavy (non-hydrogen) atoms. The lowest BCUT2D eigenvalue weighted by Gasteiger charge is -2.14. The third kappa shape index (κ3) is 2.40. The number of nitrogens with zero attached hydrogens (tertiary/aromatic N) is 1. The molecule has 0 N–H and O–H groups in total. The number of rotatable bonds is 4. The first-order valence-corrected chi connectivity index (χ1v) is 6.76. The highest BCUT2D eigenvalue weighted by Crippen LogP contribution is 2.33. The van der Waals surface area contributed by atoms with Crippen molar-refractivity contribution in [3.63, 3.8) is 0 Å². The Bertz CT molecular complexity index is 352. The predicted molar refractivity (Wildman–Crippen MR) is 68.3 cm³/mol. The number of unbranched alkanes of at least 4 members (excludes halogenated alkanes) is 1. The number of hydrogen-bond acceptors (Lipinski definition) is 2.